The molecule has 0 aliphatic carbocycles. The summed E-state index contributed by atoms with van der Waals surface area (Å²) in [6.45, 7) is 9.69. The second-order valence-electron chi connectivity index (χ2n) is 19.5. The van der Waals surface area contributed by atoms with Crippen LogP contribution in [-0.4, -0.2) is 91.8 Å². The minimum Gasteiger partial charge on any atom is -0.463 e. The van der Waals surface area contributed by atoms with Crippen LogP contribution in [0, 0.1) is 0 Å². The van der Waals surface area contributed by atoms with Crippen molar-refractivity contribution in [3.8, 4) is 0 Å². The summed E-state index contributed by atoms with van der Waals surface area (Å²) in [6, 6.07) is -0.919. The zero-order valence-corrected chi connectivity index (χ0v) is 45.0. The largest absolute Gasteiger partial charge is 0.463 e. The van der Waals surface area contributed by atoms with Crippen molar-refractivity contribution in [2.45, 2.75) is 297 Å². The predicted octanol–water partition coefficient (Wildman–Crippen LogP) is 12.6. The van der Waals surface area contributed by atoms with Crippen LogP contribution in [-0.2, 0) is 61.9 Å². The van der Waals surface area contributed by atoms with Gasteiger partial charge >= 0.3 is 29.8 Å². The number of nitrogens with one attached hydrogen (secondary N) is 1. The molecule has 0 aromatic heterocycles. The van der Waals surface area contributed by atoms with Crippen molar-refractivity contribution in [1.82, 2.24) is 5.32 Å². The molecule has 1 amide bonds. The first-order valence-electron chi connectivity index (χ1n) is 27.8. The number of rotatable bonds is 44. The van der Waals surface area contributed by atoms with Crippen LogP contribution >= 0.6 is 0 Å². The first-order valence-corrected chi connectivity index (χ1v) is 27.8. The minimum atomic E-state index is -1.47. The number of carbonyl (C=O) groups excluding carboxylic acids is 6. The van der Waals surface area contributed by atoms with E-state index in [1.807, 2.05) is 6.08 Å². The Hall–Kier alpha value is -3.52. The average Bonchev–Trinajstić information content (AvgIpc) is 3.30. The van der Waals surface area contributed by atoms with Gasteiger partial charge in [-0.2, -0.15) is 0 Å². The summed E-state index contributed by atoms with van der Waals surface area (Å²) in [5.74, 6) is -3.76. The van der Waals surface area contributed by atoms with Crippen molar-refractivity contribution >= 4 is 35.8 Å². The summed E-state index contributed by atoms with van der Waals surface area (Å²) >= 11 is 0. The Morgan fingerprint density at radius 2 is 0.886 bits per heavy atom. The fourth-order valence-electron chi connectivity index (χ4n) is 8.99. The highest BCUT2D eigenvalue weighted by Crippen LogP contribution is 2.30. The summed E-state index contributed by atoms with van der Waals surface area (Å²) in [6.07, 6.45) is 34.1. The number of hydrogen-bond donors (Lipinski definition) is 1. The van der Waals surface area contributed by atoms with Gasteiger partial charge in [-0.15, -0.1) is 0 Å². The van der Waals surface area contributed by atoms with Gasteiger partial charge in [-0.1, -0.05) is 200 Å². The van der Waals surface area contributed by atoms with Crippen molar-refractivity contribution < 1.29 is 61.9 Å². The zero-order valence-electron chi connectivity index (χ0n) is 45.0. The van der Waals surface area contributed by atoms with E-state index in [4.69, 9.17) is 33.2 Å². The lowest BCUT2D eigenvalue weighted by Gasteiger charge is -2.44. The third-order valence-electron chi connectivity index (χ3n) is 12.7. The van der Waals surface area contributed by atoms with Gasteiger partial charge in [0.25, 0.3) is 0 Å². The molecule has 14 nitrogen and oxygen atoms in total. The van der Waals surface area contributed by atoms with Crippen LogP contribution in [0.5, 0.6) is 0 Å². The Bertz CT molecular complexity index is 1420. The summed E-state index contributed by atoms with van der Waals surface area (Å²) in [5.41, 5.74) is 0. The van der Waals surface area contributed by atoms with Crippen molar-refractivity contribution in [2.24, 2.45) is 0 Å². The SMILES string of the molecule is CCCCCCCCCCCCC/C=C/[C@@H](OC(C)=O)[C@H](CO[C@@H]1O[C@H](COC(C)=O)[C@H](OC(C)=O)[C@H](OC(C)=O)[C@H]1OC(C)=O)NC(=O)CCCCCCCCCCCCCCCCCCCCC. The molecule has 1 N–H and O–H groups in total. The Morgan fingerprint density at radius 3 is 1.30 bits per heavy atom. The zero-order chi connectivity index (χ0) is 51.6. The van der Waals surface area contributed by atoms with Crippen LogP contribution < -0.4 is 5.32 Å². The second-order valence-corrected chi connectivity index (χ2v) is 19.5. The molecule has 0 bridgehead atoms. The fraction of sp³-hybridized carbons (Fsp3) is 0.857. The fourth-order valence-corrected chi connectivity index (χ4v) is 8.99. The highest BCUT2D eigenvalue weighted by molar-refractivity contribution is 5.76. The molecule has 0 aromatic rings. The van der Waals surface area contributed by atoms with Crippen LogP contribution in [0.25, 0.3) is 0 Å². The smallest absolute Gasteiger partial charge is 0.303 e. The molecule has 0 saturated carbocycles. The highest BCUT2D eigenvalue weighted by atomic mass is 16.7. The Kier molecular flexibility index (Phi) is 39.7. The van der Waals surface area contributed by atoms with Crippen LogP contribution in [0.15, 0.2) is 12.2 Å². The molecule has 1 aliphatic rings. The van der Waals surface area contributed by atoms with Gasteiger partial charge in [-0.25, -0.2) is 0 Å². The Balaban J connectivity index is 2.96. The maximum absolute atomic E-state index is 13.6. The molecule has 0 spiro atoms. The lowest BCUT2D eigenvalue weighted by molar-refractivity contribution is -0.309. The van der Waals surface area contributed by atoms with E-state index in [0.29, 0.717) is 6.42 Å². The number of unbranched alkanes of at least 4 members (excludes halogenated alkanes) is 29. The summed E-state index contributed by atoms with van der Waals surface area (Å²) in [7, 11) is 0. The van der Waals surface area contributed by atoms with Crippen LogP contribution in [0.4, 0.5) is 0 Å². The average molecular weight is 994 g/mol. The van der Waals surface area contributed by atoms with Crippen molar-refractivity contribution in [1.29, 1.82) is 0 Å². The van der Waals surface area contributed by atoms with E-state index in [9.17, 15) is 28.8 Å². The van der Waals surface area contributed by atoms with Gasteiger partial charge in [-0.05, 0) is 25.3 Å². The maximum atomic E-state index is 13.6. The molecule has 1 rings (SSSR count). The highest BCUT2D eigenvalue weighted by Gasteiger charge is 2.53. The van der Waals surface area contributed by atoms with E-state index < -0.39 is 79.3 Å². The number of allylic oxidation sites excluding steroid dienone is 1. The topological polar surface area (TPSA) is 179 Å². The van der Waals surface area contributed by atoms with E-state index in [1.54, 1.807) is 6.08 Å². The number of carbonyl (C=O) groups is 6. The van der Waals surface area contributed by atoms with Gasteiger partial charge in [-0.3, -0.25) is 28.8 Å². The predicted molar refractivity (Wildman–Crippen MR) is 274 cm³/mol. The third kappa shape index (κ3) is 34.7. The van der Waals surface area contributed by atoms with Gasteiger partial charge in [0.05, 0.1) is 12.6 Å². The number of ether oxygens (including phenoxy) is 7. The van der Waals surface area contributed by atoms with E-state index in [1.165, 1.54) is 162 Å². The number of hydrogen-bond acceptors (Lipinski definition) is 13. The number of esters is 5. The van der Waals surface area contributed by atoms with E-state index >= 15 is 0 Å². The van der Waals surface area contributed by atoms with E-state index in [0.717, 1.165) is 65.7 Å². The monoisotopic (exact) mass is 994 g/mol. The molecule has 406 valence electrons. The van der Waals surface area contributed by atoms with Gasteiger partial charge in [0.15, 0.2) is 24.6 Å². The van der Waals surface area contributed by atoms with Crippen LogP contribution in [0.3, 0.4) is 0 Å². The molecule has 1 aliphatic heterocycles. The summed E-state index contributed by atoms with van der Waals surface area (Å²) in [4.78, 5) is 75.1. The van der Waals surface area contributed by atoms with Crippen molar-refractivity contribution in [2.75, 3.05) is 13.2 Å². The molecule has 0 radical (unpaired) electrons. The molecule has 7 atom stereocenters. The standard InChI is InChI=1S/C56H99NO13/c1-8-10-12-14-16-18-20-22-23-24-25-26-27-29-31-33-35-37-39-41-52(63)57-49(50(66-45(4)59)40-38-36-34-32-30-28-21-19-17-15-13-11-9-2)42-65-56-55(69-48(7)62)54(68-47(6)61)53(67-46(5)60)51(70-56)43-64-44(3)58/h38,40,49-51,53-56H,8-37,39,41-43H2,1-7H3,(H,57,63)/b40-38+/t49-,50+,51+,53-,54-,55+,56+/m0/s1. The molecule has 1 fully saturated rings. The van der Waals surface area contributed by atoms with Crippen molar-refractivity contribution in [3.05, 3.63) is 12.2 Å². The normalized spacial score (nSPS) is 18.8. The molecular formula is C56H99NO13. The van der Waals surface area contributed by atoms with Gasteiger partial charge in [0, 0.05) is 41.0 Å². The van der Waals surface area contributed by atoms with Crippen LogP contribution in [0.1, 0.15) is 254 Å². The molecule has 14 heteroatoms. The first kappa shape index (κ1) is 64.5. The van der Waals surface area contributed by atoms with Gasteiger partial charge in [0.2, 0.25) is 5.91 Å². The summed E-state index contributed by atoms with van der Waals surface area (Å²) in [5, 5.41) is 3.02. The van der Waals surface area contributed by atoms with Gasteiger partial charge < -0.3 is 38.5 Å². The Labute approximate surface area is 423 Å². The second kappa shape index (κ2) is 43.1. The minimum absolute atomic E-state index is 0.252. The van der Waals surface area contributed by atoms with E-state index in [-0.39, 0.29) is 18.9 Å². The quantitative estimate of drug-likeness (QED) is 0.0264. The lowest BCUT2D eigenvalue weighted by Crippen LogP contribution is -2.63. The lowest BCUT2D eigenvalue weighted by atomic mass is 9.98. The van der Waals surface area contributed by atoms with E-state index in [2.05, 4.69) is 19.2 Å². The molecule has 1 heterocycles. The molecule has 1 saturated heterocycles. The van der Waals surface area contributed by atoms with Crippen LogP contribution in [0.2, 0.25) is 0 Å². The molecule has 0 unspecified atom stereocenters. The van der Waals surface area contributed by atoms with Gasteiger partial charge in [0.1, 0.15) is 18.8 Å². The molecule has 0 aromatic carbocycles. The number of amides is 1. The molecular weight excluding hydrogens is 895 g/mol. The van der Waals surface area contributed by atoms with Crippen molar-refractivity contribution in [3.63, 3.8) is 0 Å². The molecule has 70 heavy (non-hydrogen) atoms. The maximum Gasteiger partial charge on any atom is 0.303 e. The summed E-state index contributed by atoms with van der Waals surface area (Å²) < 4.78 is 40.1. The third-order valence-corrected chi connectivity index (χ3v) is 12.7. The Morgan fingerprint density at radius 1 is 0.486 bits per heavy atom. The first-order chi connectivity index (χ1) is 33.8.